The molecule has 0 aliphatic rings. The second-order valence-corrected chi connectivity index (χ2v) is 6.35. The molecule has 9 heteroatoms. The topological polar surface area (TPSA) is 90.9 Å². The molecule has 1 aromatic carbocycles. The second kappa shape index (κ2) is 7.17. The van der Waals surface area contributed by atoms with Gasteiger partial charge in [-0.15, -0.1) is 0 Å². The number of aryl methyl sites for hydroxylation is 1. The molecule has 1 amide bonds. The van der Waals surface area contributed by atoms with Crippen LogP contribution in [0.4, 0.5) is 0 Å². The highest BCUT2D eigenvalue weighted by Crippen LogP contribution is 2.14. The third-order valence-electron chi connectivity index (χ3n) is 4.21. The van der Waals surface area contributed by atoms with Crippen molar-refractivity contribution in [1.82, 2.24) is 24.0 Å². The first-order chi connectivity index (χ1) is 12.4. The number of amides is 1. The first-order valence-corrected chi connectivity index (χ1v) is 8.39. The predicted octanol–water partition coefficient (Wildman–Crippen LogP) is 0.446. The summed E-state index contributed by atoms with van der Waals surface area (Å²) in [5, 5.41) is 3.46. The van der Waals surface area contributed by atoms with Crippen LogP contribution in [0, 0.1) is 0 Å². The van der Waals surface area contributed by atoms with Crippen molar-refractivity contribution in [3.05, 3.63) is 62.0 Å². The Morgan fingerprint density at radius 1 is 1.19 bits per heavy atom. The van der Waals surface area contributed by atoms with E-state index < -0.39 is 11.2 Å². The zero-order valence-electron chi connectivity index (χ0n) is 14.4. The average Bonchev–Trinajstić information content (AvgIpc) is 3.03. The van der Waals surface area contributed by atoms with Crippen molar-refractivity contribution in [3.8, 4) is 0 Å². The maximum absolute atomic E-state index is 12.3. The molecule has 136 valence electrons. The molecule has 0 saturated heterocycles. The van der Waals surface area contributed by atoms with E-state index in [0.717, 1.165) is 10.1 Å². The molecule has 0 unspecified atom stereocenters. The Bertz CT molecular complexity index is 1100. The molecule has 0 bridgehead atoms. The van der Waals surface area contributed by atoms with Gasteiger partial charge in [-0.25, -0.2) is 9.78 Å². The van der Waals surface area contributed by atoms with Gasteiger partial charge in [0.15, 0.2) is 11.2 Å². The van der Waals surface area contributed by atoms with E-state index in [1.54, 1.807) is 6.07 Å². The van der Waals surface area contributed by atoms with Crippen molar-refractivity contribution in [2.24, 2.45) is 14.1 Å². The number of aromatic nitrogens is 4. The van der Waals surface area contributed by atoms with Crippen LogP contribution in [-0.2, 0) is 31.9 Å². The zero-order valence-corrected chi connectivity index (χ0v) is 15.2. The number of hydrogen-bond acceptors (Lipinski definition) is 4. The number of fused-ring (bicyclic) bond motifs is 1. The highest BCUT2D eigenvalue weighted by Gasteiger charge is 2.15. The van der Waals surface area contributed by atoms with E-state index >= 15 is 0 Å². The van der Waals surface area contributed by atoms with Crippen molar-refractivity contribution in [2.45, 2.75) is 13.0 Å². The normalized spacial score (nSPS) is 11.0. The summed E-state index contributed by atoms with van der Waals surface area (Å²) in [7, 11) is 2.93. The Morgan fingerprint density at radius 2 is 1.92 bits per heavy atom. The lowest BCUT2D eigenvalue weighted by atomic mass is 10.1. The number of carbonyl (C=O) groups is 1. The summed E-state index contributed by atoms with van der Waals surface area (Å²) in [6.45, 7) is 0.359. The summed E-state index contributed by atoms with van der Waals surface area (Å²) in [6.07, 6.45) is 1.99. The van der Waals surface area contributed by atoms with Gasteiger partial charge >= 0.3 is 5.69 Å². The van der Waals surface area contributed by atoms with Crippen LogP contribution in [0.15, 0.2) is 40.2 Å². The van der Waals surface area contributed by atoms with E-state index in [1.807, 2.05) is 18.2 Å². The van der Waals surface area contributed by atoms with Crippen LogP contribution in [0.3, 0.4) is 0 Å². The fourth-order valence-electron chi connectivity index (χ4n) is 2.77. The molecule has 2 heterocycles. The van der Waals surface area contributed by atoms with Crippen LogP contribution in [0.5, 0.6) is 0 Å². The van der Waals surface area contributed by atoms with Gasteiger partial charge in [-0.05, 0) is 18.1 Å². The number of halogens is 1. The predicted molar refractivity (Wildman–Crippen MR) is 98.4 cm³/mol. The molecule has 3 rings (SSSR count). The van der Waals surface area contributed by atoms with Crippen molar-refractivity contribution < 1.29 is 4.79 Å². The Hall–Kier alpha value is -2.87. The van der Waals surface area contributed by atoms with Gasteiger partial charge in [0.05, 0.1) is 6.33 Å². The standard InChI is InChI=1S/C17H18ClN5O3/c1-21-15-14(16(25)22(2)17(21)26)23(10-20-15)9-13(24)19-8-7-11-5-3-4-6-12(11)18/h3-6,10H,7-9H2,1-2H3,(H,19,24). The molecule has 0 saturated carbocycles. The molecule has 3 aromatic rings. The second-order valence-electron chi connectivity index (χ2n) is 5.94. The fourth-order valence-corrected chi connectivity index (χ4v) is 3.00. The Morgan fingerprint density at radius 3 is 2.65 bits per heavy atom. The van der Waals surface area contributed by atoms with Gasteiger partial charge in [0, 0.05) is 25.7 Å². The van der Waals surface area contributed by atoms with Gasteiger partial charge in [0.1, 0.15) is 6.54 Å². The Kier molecular flexibility index (Phi) is 4.94. The smallest absolute Gasteiger partial charge is 0.332 e. The molecule has 2 aromatic heterocycles. The van der Waals surface area contributed by atoms with E-state index in [9.17, 15) is 14.4 Å². The third-order valence-corrected chi connectivity index (χ3v) is 4.57. The summed E-state index contributed by atoms with van der Waals surface area (Å²) in [5.41, 5.74) is 0.477. The number of imidazole rings is 1. The molecule has 0 atom stereocenters. The molecule has 0 spiro atoms. The summed E-state index contributed by atoms with van der Waals surface area (Å²) < 4.78 is 3.72. The first kappa shape index (κ1) is 17.9. The fraction of sp³-hybridized carbons (Fsp3) is 0.294. The zero-order chi connectivity index (χ0) is 18.8. The lowest BCUT2D eigenvalue weighted by Crippen LogP contribution is -2.38. The molecule has 0 radical (unpaired) electrons. The molecule has 8 nitrogen and oxygen atoms in total. The van der Waals surface area contributed by atoms with Gasteiger partial charge in [0.2, 0.25) is 5.91 Å². The lowest BCUT2D eigenvalue weighted by Gasteiger charge is -2.08. The van der Waals surface area contributed by atoms with Crippen molar-refractivity contribution >= 4 is 28.7 Å². The van der Waals surface area contributed by atoms with Gasteiger partial charge in [-0.1, -0.05) is 29.8 Å². The van der Waals surface area contributed by atoms with E-state index in [-0.39, 0.29) is 23.6 Å². The number of nitrogens with one attached hydrogen (secondary N) is 1. The maximum Gasteiger partial charge on any atom is 0.332 e. The van der Waals surface area contributed by atoms with Gasteiger partial charge < -0.3 is 9.88 Å². The quantitative estimate of drug-likeness (QED) is 0.700. The molecular formula is C17H18ClN5O3. The number of rotatable bonds is 5. The lowest BCUT2D eigenvalue weighted by molar-refractivity contribution is -0.121. The molecule has 0 fully saturated rings. The van der Waals surface area contributed by atoms with Crippen LogP contribution in [0.1, 0.15) is 5.56 Å². The highest BCUT2D eigenvalue weighted by molar-refractivity contribution is 6.31. The molecule has 1 N–H and O–H groups in total. The van der Waals surface area contributed by atoms with Crippen molar-refractivity contribution in [3.63, 3.8) is 0 Å². The van der Waals surface area contributed by atoms with Crippen LogP contribution in [0.25, 0.3) is 11.2 Å². The molecule has 26 heavy (non-hydrogen) atoms. The largest absolute Gasteiger partial charge is 0.354 e. The average molecular weight is 376 g/mol. The minimum Gasteiger partial charge on any atom is -0.354 e. The van der Waals surface area contributed by atoms with Crippen molar-refractivity contribution in [1.29, 1.82) is 0 Å². The van der Waals surface area contributed by atoms with E-state index in [0.29, 0.717) is 18.0 Å². The summed E-state index contributed by atoms with van der Waals surface area (Å²) in [5.74, 6) is -0.257. The number of nitrogens with zero attached hydrogens (tertiary/aromatic N) is 4. The van der Waals surface area contributed by atoms with E-state index in [1.165, 1.54) is 29.6 Å². The third kappa shape index (κ3) is 3.28. The van der Waals surface area contributed by atoms with Crippen LogP contribution in [-0.4, -0.2) is 31.1 Å². The maximum atomic E-state index is 12.3. The summed E-state index contributed by atoms with van der Waals surface area (Å²) >= 11 is 6.09. The minimum absolute atomic E-state index is 0.0630. The SMILES string of the molecule is Cn1c(=O)c2c(ncn2CC(=O)NCCc2ccccc2Cl)n(C)c1=O. The summed E-state index contributed by atoms with van der Waals surface area (Å²) in [6, 6.07) is 7.45. The van der Waals surface area contributed by atoms with Crippen molar-refractivity contribution in [2.75, 3.05) is 6.54 Å². The van der Waals surface area contributed by atoms with Crippen LogP contribution in [0.2, 0.25) is 5.02 Å². The number of benzene rings is 1. The highest BCUT2D eigenvalue weighted by atomic mass is 35.5. The van der Waals surface area contributed by atoms with Gasteiger partial charge in [0.25, 0.3) is 5.56 Å². The van der Waals surface area contributed by atoms with Gasteiger partial charge in [-0.3, -0.25) is 18.7 Å². The monoisotopic (exact) mass is 375 g/mol. The van der Waals surface area contributed by atoms with Gasteiger partial charge in [-0.2, -0.15) is 0 Å². The molecular weight excluding hydrogens is 358 g/mol. The molecule has 0 aliphatic heterocycles. The Balaban J connectivity index is 1.73. The molecule has 0 aliphatic carbocycles. The number of carbonyl (C=O) groups excluding carboxylic acids is 1. The summed E-state index contributed by atoms with van der Waals surface area (Å²) in [4.78, 5) is 40.6. The minimum atomic E-state index is -0.482. The van der Waals surface area contributed by atoms with Crippen LogP contribution < -0.4 is 16.6 Å². The first-order valence-electron chi connectivity index (χ1n) is 8.01. The van der Waals surface area contributed by atoms with Crippen LogP contribution >= 0.6 is 11.6 Å². The Labute approximate surface area is 153 Å². The van der Waals surface area contributed by atoms with E-state index in [2.05, 4.69) is 10.3 Å². The van der Waals surface area contributed by atoms with E-state index in [4.69, 9.17) is 11.6 Å². The number of hydrogen-bond donors (Lipinski definition) is 1.